The average molecular weight is 333 g/mol. The predicted molar refractivity (Wildman–Crippen MR) is 102 cm³/mol. The van der Waals surface area contributed by atoms with E-state index >= 15 is 0 Å². The van der Waals surface area contributed by atoms with Crippen LogP contribution in [0.4, 0.5) is 10.1 Å². The third-order valence-electron chi connectivity index (χ3n) is 3.87. The van der Waals surface area contributed by atoms with E-state index in [-0.39, 0.29) is 5.82 Å². The number of halogens is 1. The zero-order valence-corrected chi connectivity index (χ0v) is 14.3. The normalized spacial score (nSPS) is 10.4. The molecule has 2 N–H and O–H groups in total. The minimum atomic E-state index is -0.236. The molecule has 0 unspecified atom stereocenters. The van der Waals surface area contributed by atoms with Crippen LogP contribution >= 0.6 is 0 Å². The number of fused-ring (bicyclic) bond motifs is 1. The van der Waals surface area contributed by atoms with Gasteiger partial charge in [0.1, 0.15) is 11.5 Å². The first-order valence-electron chi connectivity index (χ1n) is 8.30. The molecule has 4 rings (SSSR count). The smallest absolute Gasteiger partial charge is 0.137 e. The van der Waals surface area contributed by atoms with E-state index in [1.165, 1.54) is 12.1 Å². The average Bonchev–Trinajstić information content (AvgIpc) is 3.07. The third-order valence-corrected chi connectivity index (χ3v) is 3.87. The number of nitrogens with zero attached hydrogens (tertiary/aromatic N) is 2. The van der Waals surface area contributed by atoms with E-state index in [1.807, 2.05) is 67.0 Å². The topological polar surface area (TPSA) is 43.3 Å². The highest BCUT2D eigenvalue weighted by atomic mass is 19.1. The molecular weight excluding hydrogens is 313 g/mol. The lowest BCUT2D eigenvalue weighted by Gasteiger charge is -2.05. The molecule has 0 bridgehead atoms. The van der Waals surface area contributed by atoms with Crippen molar-refractivity contribution in [2.75, 3.05) is 5.73 Å². The Morgan fingerprint density at radius 3 is 2.36 bits per heavy atom. The van der Waals surface area contributed by atoms with Crippen molar-refractivity contribution >= 4 is 11.3 Å². The minimum Gasteiger partial charge on any atom is -0.399 e. The maximum Gasteiger partial charge on any atom is 0.137 e. The first kappa shape index (κ1) is 16.7. The molecule has 0 saturated carbocycles. The lowest BCUT2D eigenvalue weighted by molar-refractivity contribution is 0.628. The quantitative estimate of drug-likeness (QED) is 0.498. The van der Waals surface area contributed by atoms with E-state index in [9.17, 15) is 4.39 Å². The van der Waals surface area contributed by atoms with Gasteiger partial charge in [-0.05, 0) is 47.5 Å². The first-order chi connectivity index (χ1) is 12.2. The third kappa shape index (κ3) is 3.38. The molecule has 0 aliphatic heterocycles. The number of hydrogen-bond donors (Lipinski definition) is 1. The molecular formula is C21H20FN3. The number of benzene rings is 2. The molecule has 0 fully saturated rings. The van der Waals surface area contributed by atoms with Crippen molar-refractivity contribution in [3.05, 3.63) is 78.9 Å². The zero-order valence-electron chi connectivity index (χ0n) is 14.3. The van der Waals surface area contributed by atoms with Crippen molar-refractivity contribution in [3.8, 4) is 22.4 Å². The molecule has 4 heteroatoms. The molecule has 0 spiro atoms. The van der Waals surface area contributed by atoms with Gasteiger partial charge in [0.05, 0.1) is 11.9 Å². The van der Waals surface area contributed by atoms with E-state index < -0.39 is 0 Å². The largest absolute Gasteiger partial charge is 0.399 e. The summed E-state index contributed by atoms with van der Waals surface area (Å²) >= 11 is 0. The molecule has 2 aromatic carbocycles. The Morgan fingerprint density at radius 2 is 1.64 bits per heavy atom. The van der Waals surface area contributed by atoms with Gasteiger partial charge in [-0.1, -0.05) is 38.1 Å². The Morgan fingerprint density at radius 1 is 0.880 bits per heavy atom. The highest BCUT2D eigenvalue weighted by molar-refractivity contribution is 5.71. The van der Waals surface area contributed by atoms with Crippen molar-refractivity contribution in [3.63, 3.8) is 0 Å². The second-order valence-electron chi connectivity index (χ2n) is 5.42. The number of pyridine rings is 1. The summed E-state index contributed by atoms with van der Waals surface area (Å²) in [5.74, 6) is -0.236. The Bertz CT molecular complexity index is 988. The summed E-state index contributed by atoms with van der Waals surface area (Å²) in [6.45, 7) is 4.00. The highest BCUT2D eigenvalue weighted by Gasteiger charge is 2.07. The molecule has 0 amide bonds. The zero-order chi connectivity index (χ0) is 17.8. The molecule has 126 valence electrons. The fourth-order valence-corrected chi connectivity index (χ4v) is 2.71. The van der Waals surface area contributed by atoms with Crippen molar-refractivity contribution in [1.29, 1.82) is 0 Å². The molecule has 2 aromatic heterocycles. The number of hydrogen-bond acceptors (Lipinski definition) is 2. The first-order valence-corrected chi connectivity index (χ1v) is 8.30. The number of nitrogen functional groups attached to an aromatic ring is 1. The van der Waals surface area contributed by atoms with Gasteiger partial charge in [0.25, 0.3) is 0 Å². The second-order valence-corrected chi connectivity index (χ2v) is 5.42. The van der Waals surface area contributed by atoms with Gasteiger partial charge in [-0.3, -0.25) is 4.40 Å². The van der Waals surface area contributed by atoms with Gasteiger partial charge < -0.3 is 5.73 Å². The second kappa shape index (κ2) is 7.18. The Kier molecular flexibility index (Phi) is 4.80. The lowest BCUT2D eigenvalue weighted by Crippen LogP contribution is -1.90. The molecule has 0 aliphatic rings. The Labute approximate surface area is 146 Å². The number of imidazole rings is 1. The molecule has 0 aliphatic carbocycles. The monoisotopic (exact) mass is 333 g/mol. The van der Waals surface area contributed by atoms with Crippen LogP contribution in [-0.2, 0) is 0 Å². The van der Waals surface area contributed by atoms with Crippen LogP contribution in [0.1, 0.15) is 13.8 Å². The van der Waals surface area contributed by atoms with E-state index in [0.29, 0.717) is 0 Å². The molecule has 0 saturated heterocycles. The fraction of sp³-hybridized carbons (Fsp3) is 0.0952. The van der Waals surface area contributed by atoms with Crippen LogP contribution in [0.15, 0.2) is 73.1 Å². The summed E-state index contributed by atoms with van der Waals surface area (Å²) < 4.78 is 15.1. The van der Waals surface area contributed by atoms with Crippen LogP contribution in [0.3, 0.4) is 0 Å². The van der Waals surface area contributed by atoms with Crippen LogP contribution in [0.25, 0.3) is 28.0 Å². The molecule has 0 radical (unpaired) electrons. The Hall–Kier alpha value is -3.14. The molecule has 4 aromatic rings. The summed E-state index contributed by atoms with van der Waals surface area (Å²) in [6.07, 6.45) is 3.80. The van der Waals surface area contributed by atoms with Crippen LogP contribution in [0, 0.1) is 5.82 Å². The van der Waals surface area contributed by atoms with Gasteiger partial charge in [0.15, 0.2) is 0 Å². The van der Waals surface area contributed by atoms with E-state index in [1.54, 1.807) is 12.1 Å². The number of rotatable bonds is 2. The van der Waals surface area contributed by atoms with Crippen molar-refractivity contribution in [2.24, 2.45) is 0 Å². The summed E-state index contributed by atoms with van der Waals surface area (Å²) in [7, 11) is 0. The maximum atomic E-state index is 13.1. The van der Waals surface area contributed by atoms with Crippen molar-refractivity contribution in [2.45, 2.75) is 13.8 Å². The summed E-state index contributed by atoms with van der Waals surface area (Å²) in [6, 6.07) is 18.2. The van der Waals surface area contributed by atoms with Gasteiger partial charge in [-0.15, -0.1) is 0 Å². The van der Waals surface area contributed by atoms with E-state index in [2.05, 4.69) is 4.98 Å². The van der Waals surface area contributed by atoms with Gasteiger partial charge >= 0.3 is 0 Å². The maximum absolute atomic E-state index is 13.1. The predicted octanol–water partition coefficient (Wildman–Crippen LogP) is 5.42. The highest BCUT2D eigenvalue weighted by Crippen LogP contribution is 2.26. The van der Waals surface area contributed by atoms with E-state index in [0.717, 1.165) is 33.7 Å². The number of anilines is 1. The molecule has 2 heterocycles. The van der Waals surface area contributed by atoms with Crippen molar-refractivity contribution in [1.82, 2.24) is 9.38 Å². The van der Waals surface area contributed by atoms with Gasteiger partial charge in [-0.25, -0.2) is 9.37 Å². The summed E-state index contributed by atoms with van der Waals surface area (Å²) in [4.78, 5) is 4.48. The fourth-order valence-electron chi connectivity index (χ4n) is 2.71. The number of aromatic nitrogens is 2. The van der Waals surface area contributed by atoms with Crippen LogP contribution < -0.4 is 5.73 Å². The Balaban J connectivity index is 0.000000880. The van der Waals surface area contributed by atoms with Crippen LogP contribution in [0.5, 0.6) is 0 Å². The minimum absolute atomic E-state index is 0.236. The van der Waals surface area contributed by atoms with Crippen LogP contribution in [-0.4, -0.2) is 9.38 Å². The van der Waals surface area contributed by atoms with E-state index in [4.69, 9.17) is 5.73 Å². The lowest BCUT2D eigenvalue weighted by atomic mass is 10.1. The van der Waals surface area contributed by atoms with Crippen molar-refractivity contribution < 1.29 is 4.39 Å². The van der Waals surface area contributed by atoms with Gasteiger partial charge in [0.2, 0.25) is 0 Å². The number of nitrogens with two attached hydrogens (primary N) is 1. The summed E-state index contributed by atoms with van der Waals surface area (Å²) in [5.41, 5.74) is 11.4. The summed E-state index contributed by atoms with van der Waals surface area (Å²) in [5, 5.41) is 0. The van der Waals surface area contributed by atoms with Crippen LogP contribution in [0.2, 0.25) is 0 Å². The SMILES string of the molecule is CC.Nc1cccc(-c2cnc3cc(-c4ccc(F)cc4)ccn23)c1. The standard InChI is InChI=1S/C19H14FN3.C2H6/c20-16-6-4-13(5-7-16)14-8-9-23-18(12-22-19(23)11-14)15-2-1-3-17(21)10-15;1-2/h1-12H,21H2;1-2H3. The molecule has 3 nitrogen and oxygen atoms in total. The molecule has 25 heavy (non-hydrogen) atoms. The van der Waals surface area contributed by atoms with Gasteiger partial charge in [-0.2, -0.15) is 0 Å². The van der Waals surface area contributed by atoms with Gasteiger partial charge in [0, 0.05) is 17.4 Å². The molecule has 0 atom stereocenters.